The lowest BCUT2D eigenvalue weighted by Gasteiger charge is -2.04. The standard InChI is InChI=1S/C18H14N6O/c25-18(15-9-11-24(23-15)13-6-2-1-3-7-13)21-16-12-20-22-17(16)14-8-4-5-10-19-14/h1-12H,(H,20,22)(H,21,25). The summed E-state index contributed by atoms with van der Waals surface area (Å²) in [6.07, 6.45) is 4.98. The van der Waals surface area contributed by atoms with E-state index in [1.807, 2.05) is 48.5 Å². The minimum Gasteiger partial charge on any atom is -0.317 e. The normalized spacial score (nSPS) is 10.6. The third-order valence-corrected chi connectivity index (χ3v) is 3.65. The lowest BCUT2D eigenvalue weighted by atomic mass is 10.2. The van der Waals surface area contributed by atoms with Crippen LogP contribution in [0.5, 0.6) is 0 Å². The van der Waals surface area contributed by atoms with Crippen molar-refractivity contribution in [2.45, 2.75) is 0 Å². The molecular weight excluding hydrogens is 316 g/mol. The first-order chi connectivity index (χ1) is 12.3. The summed E-state index contributed by atoms with van der Waals surface area (Å²) in [6, 6.07) is 16.8. The second-order valence-electron chi connectivity index (χ2n) is 5.31. The lowest BCUT2D eigenvalue weighted by Crippen LogP contribution is -2.13. The van der Waals surface area contributed by atoms with Gasteiger partial charge in [0.25, 0.3) is 5.91 Å². The molecule has 3 aromatic heterocycles. The Morgan fingerprint density at radius 1 is 1.04 bits per heavy atom. The predicted molar refractivity (Wildman–Crippen MR) is 93.3 cm³/mol. The largest absolute Gasteiger partial charge is 0.317 e. The van der Waals surface area contributed by atoms with Crippen molar-refractivity contribution in [1.82, 2.24) is 25.0 Å². The van der Waals surface area contributed by atoms with Crippen LogP contribution < -0.4 is 5.32 Å². The minimum atomic E-state index is -0.312. The van der Waals surface area contributed by atoms with Gasteiger partial charge in [-0.15, -0.1) is 0 Å². The van der Waals surface area contributed by atoms with E-state index >= 15 is 0 Å². The molecule has 122 valence electrons. The summed E-state index contributed by atoms with van der Waals surface area (Å²) in [5, 5.41) is 14.0. The number of amides is 1. The summed E-state index contributed by atoms with van der Waals surface area (Å²) in [5.41, 5.74) is 3.11. The molecule has 0 bridgehead atoms. The quantitative estimate of drug-likeness (QED) is 0.602. The van der Waals surface area contributed by atoms with Crippen LogP contribution in [0.3, 0.4) is 0 Å². The number of carbonyl (C=O) groups is 1. The van der Waals surface area contributed by atoms with E-state index in [1.165, 1.54) is 0 Å². The average Bonchev–Trinajstić information content (AvgIpc) is 3.33. The van der Waals surface area contributed by atoms with Gasteiger partial charge in [0.05, 0.1) is 23.3 Å². The number of aromatic nitrogens is 5. The van der Waals surface area contributed by atoms with Crippen molar-refractivity contribution in [3.63, 3.8) is 0 Å². The van der Waals surface area contributed by atoms with E-state index in [4.69, 9.17) is 0 Å². The molecule has 0 saturated carbocycles. The van der Waals surface area contributed by atoms with E-state index in [2.05, 4.69) is 25.6 Å². The number of benzene rings is 1. The lowest BCUT2D eigenvalue weighted by molar-refractivity contribution is 0.102. The molecule has 4 rings (SSSR count). The first-order valence-electron chi connectivity index (χ1n) is 7.68. The van der Waals surface area contributed by atoms with Gasteiger partial charge < -0.3 is 5.32 Å². The molecule has 0 spiro atoms. The first-order valence-corrected chi connectivity index (χ1v) is 7.68. The van der Waals surface area contributed by atoms with Gasteiger partial charge in [-0.25, -0.2) is 4.68 Å². The fourth-order valence-corrected chi connectivity index (χ4v) is 2.44. The minimum absolute atomic E-state index is 0.312. The number of hydrogen-bond acceptors (Lipinski definition) is 4. The number of nitrogens with one attached hydrogen (secondary N) is 2. The van der Waals surface area contributed by atoms with Gasteiger partial charge in [0.2, 0.25) is 0 Å². The maximum Gasteiger partial charge on any atom is 0.276 e. The van der Waals surface area contributed by atoms with E-state index < -0.39 is 0 Å². The van der Waals surface area contributed by atoms with E-state index in [9.17, 15) is 4.79 Å². The van der Waals surface area contributed by atoms with Crippen LogP contribution in [0.4, 0.5) is 5.69 Å². The van der Waals surface area contributed by atoms with Crippen molar-refractivity contribution >= 4 is 11.6 Å². The molecule has 0 saturated heterocycles. The number of rotatable bonds is 4. The predicted octanol–water partition coefficient (Wildman–Crippen LogP) is 2.91. The molecule has 1 aromatic carbocycles. The third-order valence-electron chi connectivity index (χ3n) is 3.65. The van der Waals surface area contributed by atoms with Gasteiger partial charge in [-0.1, -0.05) is 24.3 Å². The SMILES string of the molecule is O=C(Nc1cn[nH]c1-c1ccccn1)c1ccn(-c2ccccc2)n1. The molecule has 7 heteroatoms. The zero-order chi connectivity index (χ0) is 17.1. The maximum absolute atomic E-state index is 12.5. The molecule has 7 nitrogen and oxygen atoms in total. The highest BCUT2D eigenvalue weighted by Gasteiger charge is 2.15. The monoisotopic (exact) mass is 330 g/mol. The molecule has 2 N–H and O–H groups in total. The van der Waals surface area contributed by atoms with E-state index in [1.54, 1.807) is 29.3 Å². The van der Waals surface area contributed by atoms with Gasteiger partial charge in [0, 0.05) is 12.4 Å². The van der Waals surface area contributed by atoms with Gasteiger partial charge in [-0.3, -0.25) is 14.9 Å². The second kappa shape index (κ2) is 6.40. The van der Waals surface area contributed by atoms with Gasteiger partial charge >= 0.3 is 0 Å². The molecule has 0 radical (unpaired) electrons. The molecular formula is C18H14N6O. The highest BCUT2D eigenvalue weighted by atomic mass is 16.2. The molecule has 1 amide bonds. The Balaban J connectivity index is 1.56. The number of aromatic amines is 1. The Bertz CT molecular complexity index is 991. The van der Waals surface area contributed by atoms with Crippen LogP contribution >= 0.6 is 0 Å². The van der Waals surface area contributed by atoms with Crippen molar-refractivity contribution < 1.29 is 4.79 Å². The number of hydrogen-bond donors (Lipinski definition) is 2. The summed E-state index contributed by atoms with van der Waals surface area (Å²) in [6.45, 7) is 0. The maximum atomic E-state index is 12.5. The Morgan fingerprint density at radius 2 is 1.88 bits per heavy atom. The van der Waals surface area contributed by atoms with E-state index in [0.717, 1.165) is 5.69 Å². The summed E-state index contributed by atoms with van der Waals surface area (Å²) >= 11 is 0. The number of nitrogens with zero attached hydrogens (tertiary/aromatic N) is 4. The van der Waals surface area contributed by atoms with Crippen molar-refractivity contribution in [3.8, 4) is 17.1 Å². The van der Waals surface area contributed by atoms with Gasteiger partial charge in [-0.05, 0) is 30.3 Å². The Hall–Kier alpha value is -3.74. The van der Waals surface area contributed by atoms with Crippen molar-refractivity contribution in [3.05, 3.63) is 78.9 Å². The second-order valence-corrected chi connectivity index (χ2v) is 5.31. The van der Waals surface area contributed by atoms with Crippen LogP contribution in [0, 0.1) is 0 Å². The van der Waals surface area contributed by atoms with E-state index in [0.29, 0.717) is 22.8 Å². The molecule has 0 aliphatic rings. The molecule has 3 heterocycles. The molecule has 0 unspecified atom stereocenters. The third kappa shape index (κ3) is 3.02. The molecule has 4 aromatic rings. The van der Waals surface area contributed by atoms with Gasteiger partial charge in [0.1, 0.15) is 5.69 Å². The fraction of sp³-hybridized carbons (Fsp3) is 0. The summed E-state index contributed by atoms with van der Waals surface area (Å²) in [4.78, 5) is 16.8. The Labute approximate surface area is 143 Å². The number of anilines is 1. The van der Waals surface area contributed by atoms with E-state index in [-0.39, 0.29) is 5.91 Å². The highest BCUT2D eigenvalue weighted by molar-refractivity contribution is 6.04. The number of H-pyrrole nitrogens is 1. The van der Waals surface area contributed by atoms with Crippen LogP contribution in [-0.4, -0.2) is 30.9 Å². The number of carbonyl (C=O) groups excluding carboxylic acids is 1. The topological polar surface area (TPSA) is 88.5 Å². The number of para-hydroxylation sites is 1. The van der Waals surface area contributed by atoms with Crippen LogP contribution in [0.15, 0.2) is 73.2 Å². The first kappa shape index (κ1) is 14.8. The highest BCUT2D eigenvalue weighted by Crippen LogP contribution is 2.23. The number of pyridine rings is 1. The molecule has 0 aliphatic carbocycles. The van der Waals surface area contributed by atoms with Crippen LogP contribution in [0.25, 0.3) is 17.1 Å². The molecule has 0 aliphatic heterocycles. The Morgan fingerprint density at radius 3 is 2.68 bits per heavy atom. The molecule has 0 atom stereocenters. The zero-order valence-corrected chi connectivity index (χ0v) is 13.1. The zero-order valence-electron chi connectivity index (χ0n) is 13.1. The fourth-order valence-electron chi connectivity index (χ4n) is 2.44. The smallest absolute Gasteiger partial charge is 0.276 e. The molecule has 0 fully saturated rings. The summed E-state index contributed by atoms with van der Waals surface area (Å²) < 4.78 is 1.66. The van der Waals surface area contributed by atoms with Crippen LogP contribution in [-0.2, 0) is 0 Å². The van der Waals surface area contributed by atoms with Gasteiger partial charge in [0.15, 0.2) is 5.69 Å². The molecule has 25 heavy (non-hydrogen) atoms. The van der Waals surface area contributed by atoms with Crippen LogP contribution in [0.2, 0.25) is 0 Å². The van der Waals surface area contributed by atoms with Crippen molar-refractivity contribution in [2.75, 3.05) is 5.32 Å². The Kier molecular flexibility index (Phi) is 3.80. The van der Waals surface area contributed by atoms with Crippen molar-refractivity contribution in [1.29, 1.82) is 0 Å². The summed E-state index contributed by atoms with van der Waals surface area (Å²) in [5.74, 6) is -0.312. The summed E-state index contributed by atoms with van der Waals surface area (Å²) in [7, 11) is 0. The van der Waals surface area contributed by atoms with Crippen molar-refractivity contribution in [2.24, 2.45) is 0 Å². The van der Waals surface area contributed by atoms with Crippen LogP contribution in [0.1, 0.15) is 10.5 Å². The average molecular weight is 330 g/mol. The van der Waals surface area contributed by atoms with Gasteiger partial charge in [-0.2, -0.15) is 10.2 Å².